The van der Waals surface area contributed by atoms with Gasteiger partial charge < -0.3 is 10.2 Å². The molecule has 0 saturated carbocycles. The van der Waals surface area contributed by atoms with E-state index in [4.69, 9.17) is 10.2 Å². The molecule has 62 valence electrons. The van der Waals surface area contributed by atoms with Gasteiger partial charge in [0.25, 0.3) is 0 Å². The van der Waals surface area contributed by atoms with E-state index in [1.165, 1.54) is 0 Å². The summed E-state index contributed by atoms with van der Waals surface area (Å²) in [7, 11) is 0. The van der Waals surface area contributed by atoms with Crippen LogP contribution < -0.4 is 0 Å². The quantitative estimate of drug-likeness (QED) is 0.534. The van der Waals surface area contributed by atoms with E-state index < -0.39 is 6.29 Å². The molecule has 0 aromatic heterocycles. The van der Waals surface area contributed by atoms with Gasteiger partial charge in [0.05, 0.1) is 0 Å². The molecule has 3 heteroatoms. The van der Waals surface area contributed by atoms with Gasteiger partial charge in [-0.15, -0.1) is 0 Å². The second kappa shape index (κ2) is 6.13. The zero-order valence-electron chi connectivity index (χ0n) is 6.26. The van der Waals surface area contributed by atoms with Crippen molar-refractivity contribution in [3.05, 3.63) is 0 Å². The van der Waals surface area contributed by atoms with Crippen LogP contribution in [0.5, 0.6) is 0 Å². The number of hydrogen-bond acceptors (Lipinski definition) is 2. The Bertz CT molecular complexity index is 76.0. The van der Waals surface area contributed by atoms with Crippen LogP contribution in [0.15, 0.2) is 0 Å². The summed E-state index contributed by atoms with van der Waals surface area (Å²) in [6.45, 7) is 1.97. The number of hydrogen-bond donors (Lipinski definition) is 2. The van der Waals surface area contributed by atoms with E-state index in [9.17, 15) is 0 Å². The summed E-state index contributed by atoms with van der Waals surface area (Å²) in [6.07, 6.45) is 1.60. The topological polar surface area (TPSA) is 40.5 Å². The van der Waals surface area contributed by atoms with E-state index in [-0.39, 0.29) is 5.92 Å². The van der Waals surface area contributed by atoms with Crippen LogP contribution in [0.3, 0.4) is 0 Å². The SMILES string of the molecule is CCC(CCCBr)C(O)O. The van der Waals surface area contributed by atoms with E-state index in [0.29, 0.717) is 0 Å². The van der Waals surface area contributed by atoms with Gasteiger partial charge in [0.15, 0.2) is 6.29 Å². The fourth-order valence-corrected chi connectivity index (χ4v) is 1.23. The smallest absolute Gasteiger partial charge is 0.154 e. The highest BCUT2D eigenvalue weighted by molar-refractivity contribution is 9.09. The van der Waals surface area contributed by atoms with E-state index in [2.05, 4.69) is 15.9 Å². The second-order valence-corrected chi connectivity index (χ2v) is 3.21. The fourth-order valence-electron chi connectivity index (χ4n) is 0.903. The van der Waals surface area contributed by atoms with Crippen LogP contribution in [0, 0.1) is 5.92 Å². The summed E-state index contributed by atoms with van der Waals surface area (Å²) in [4.78, 5) is 0. The maximum atomic E-state index is 8.78. The van der Waals surface area contributed by atoms with Crippen LogP contribution in [-0.4, -0.2) is 21.8 Å². The molecule has 0 bridgehead atoms. The van der Waals surface area contributed by atoms with Gasteiger partial charge in [0.1, 0.15) is 0 Å². The zero-order valence-corrected chi connectivity index (χ0v) is 7.84. The molecule has 0 radical (unpaired) electrons. The lowest BCUT2D eigenvalue weighted by Gasteiger charge is -2.15. The summed E-state index contributed by atoms with van der Waals surface area (Å²) < 4.78 is 0. The fraction of sp³-hybridized carbons (Fsp3) is 1.00. The molecular formula is C7H15BrO2. The molecule has 2 nitrogen and oxygen atoms in total. The molecule has 0 amide bonds. The van der Waals surface area contributed by atoms with Crippen LogP contribution in [0.2, 0.25) is 0 Å². The molecule has 0 fully saturated rings. The van der Waals surface area contributed by atoms with Crippen LogP contribution >= 0.6 is 15.9 Å². The number of aliphatic hydroxyl groups is 2. The van der Waals surface area contributed by atoms with Crippen LogP contribution in [0.1, 0.15) is 26.2 Å². The number of aliphatic hydroxyl groups excluding tert-OH is 1. The summed E-state index contributed by atoms with van der Waals surface area (Å²) in [6, 6.07) is 0. The monoisotopic (exact) mass is 210 g/mol. The van der Waals surface area contributed by atoms with Crippen LogP contribution in [0.25, 0.3) is 0 Å². The van der Waals surface area contributed by atoms with Crippen molar-refractivity contribution in [2.24, 2.45) is 5.92 Å². The number of rotatable bonds is 5. The van der Waals surface area contributed by atoms with E-state index in [1.807, 2.05) is 6.92 Å². The van der Waals surface area contributed by atoms with E-state index in [0.717, 1.165) is 24.6 Å². The molecule has 0 aliphatic rings. The van der Waals surface area contributed by atoms with Crippen molar-refractivity contribution in [2.75, 3.05) is 5.33 Å². The van der Waals surface area contributed by atoms with Crippen molar-refractivity contribution in [3.8, 4) is 0 Å². The molecule has 1 atom stereocenters. The Morgan fingerprint density at radius 3 is 2.30 bits per heavy atom. The maximum Gasteiger partial charge on any atom is 0.154 e. The van der Waals surface area contributed by atoms with Crippen molar-refractivity contribution < 1.29 is 10.2 Å². The molecule has 2 N–H and O–H groups in total. The Morgan fingerprint density at radius 2 is 2.00 bits per heavy atom. The highest BCUT2D eigenvalue weighted by Crippen LogP contribution is 2.14. The first-order chi connectivity index (χ1) is 4.72. The molecule has 0 rings (SSSR count). The van der Waals surface area contributed by atoms with Crippen LogP contribution in [-0.2, 0) is 0 Å². The normalized spacial score (nSPS) is 14.1. The van der Waals surface area contributed by atoms with Crippen molar-refractivity contribution in [1.82, 2.24) is 0 Å². The summed E-state index contributed by atoms with van der Waals surface area (Å²) >= 11 is 3.29. The van der Waals surface area contributed by atoms with Gasteiger partial charge in [-0.25, -0.2) is 0 Å². The van der Waals surface area contributed by atoms with Crippen LogP contribution in [0.4, 0.5) is 0 Å². The minimum Gasteiger partial charge on any atom is -0.368 e. The number of alkyl halides is 1. The third-order valence-electron chi connectivity index (χ3n) is 1.65. The molecule has 0 aliphatic carbocycles. The Kier molecular flexibility index (Phi) is 6.38. The standard InChI is InChI=1S/C7H15BrO2/c1-2-6(7(9)10)4-3-5-8/h6-7,9-10H,2-5H2,1H3. The minimum absolute atomic E-state index is 0.0533. The molecule has 0 heterocycles. The summed E-state index contributed by atoms with van der Waals surface area (Å²) in [5.74, 6) is 0.0533. The maximum absolute atomic E-state index is 8.78. The molecule has 0 aromatic carbocycles. The lowest BCUT2D eigenvalue weighted by Crippen LogP contribution is -2.18. The molecule has 0 aromatic rings. The minimum atomic E-state index is -1.14. The molecule has 1 unspecified atom stereocenters. The average molecular weight is 211 g/mol. The van der Waals surface area contributed by atoms with E-state index >= 15 is 0 Å². The first-order valence-corrected chi connectivity index (χ1v) is 4.76. The predicted octanol–water partition coefficient (Wildman–Crippen LogP) is 1.50. The van der Waals surface area contributed by atoms with E-state index in [1.54, 1.807) is 0 Å². The van der Waals surface area contributed by atoms with Gasteiger partial charge in [-0.1, -0.05) is 22.9 Å². The third kappa shape index (κ3) is 4.25. The third-order valence-corrected chi connectivity index (χ3v) is 2.22. The predicted molar refractivity (Wildman–Crippen MR) is 45.0 cm³/mol. The zero-order chi connectivity index (χ0) is 7.98. The number of halogens is 1. The summed E-state index contributed by atoms with van der Waals surface area (Å²) in [5, 5.41) is 18.5. The van der Waals surface area contributed by atoms with Crippen molar-refractivity contribution in [3.63, 3.8) is 0 Å². The molecular weight excluding hydrogens is 196 g/mol. The van der Waals surface area contributed by atoms with Gasteiger partial charge in [-0.2, -0.15) is 0 Å². The lowest BCUT2D eigenvalue weighted by atomic mass is 10.0. The first-order valence-electron chi connectivity index (χ1n) is 3.64. The van der Waals surface area contributed by atoms with Gasteiger partial charge >= 0.3 is 0 Å². The van der Waals surface area contributed by atoms with Crippen molar-refractivity contribution >= 4 is 15.9 Å². The van der Waals surface area contributed by atoms with Crippen molar-refractivity contribution in [1.29, 1.82) is 0 Å². The Balaban J connectivity index is 3.40. The highest BCUT2D eigenvalue weighted by Gasteiger charge is 2.12. The largest absolute Gasteiger partial charge is 0.368 e. The van der Waals surface area contributed by atoms with Gasteiger partial charge in [0, 0.05) is 11.2 Å². The van der Waals surface area contributed by atoms with Crippen molar-refractivity contribution in [2.45, 2.75) is 32.5 Å². The Morgan fingerprint density at radius 1 is 1.40 bits per heavy atom. The van der Waals surface area contributed by atoms with Gasteiger partial charge in [0.2, 0.25) is 0 Å². The average Bonchev–Trinajstić information content (AvgIpc) is 1.89. The lowest BCUT2D eigenvalue weighted by molar-refractivity contribution is -0.0867. The van der Waals surface area contributed by atoms with Gasteiger partial charge in [-0.3, -0.25) is 0 Å². The first kappa shape index (κ1) is 10.4. The molecule has 0 saturated heterocycles. The molecule has 0 spiro atoms. The second-order valence-electron chi connectivity index (χ2n) is 2.41. The Hall–Kier alpha value is 0.400. The molecule has 10 heavy (non-hydrogen) atoms. The highest BCUT2D eigenvalue weighted by atomic mass is 79.9. The summed E-state index contributed by atoms with van der Waals surface area (Å²) in [5.41, 5.74) is 0. The Labute approximate surface area is 70.4 Å². The molecule has 0 aliphatic heterocycles. The van der Waals surface area contributed by atoms with Gasteiger partial charge in [-0.05, 0) is 19.3 Å².